The predicted molar refractivity (Wildman–Crippen MR) is 158 cm³/mol. The molecule has 3 aliphatic rings. The second-order valence-electron chi connectivity index (χ2n) is 12.2. The smallest absolute Gasteiger partial charge is 0.362 e. The van der Waals surface area contributed by atoms with Gasteiger partial charge in [0.25, 0.3) is 5.72 Å². The van der Waals surface area contributed by atoms with Crippen LogP contribution in [0.4, 0.5) is 5.69 Å². The zero-order chi connectivity index (χ0) is 29.9. The van der Waals surface area contributed by atoms with Crippen LogP contribution in [0.3, 0.4) is 0 Å². The first-order valence-electron chi connectivity index (χ1n) is 13.9. The van der Waals surface area contributed by atoms with Crippen LogP contribution in [-0.2, 0) is 29.1 Å². The van der Waals surface area contributed by atoms with E-state index >= 15 is 0 Å². The average Bonchev–Trinajstić information content (AvgIpc) is 3.28. The van der Waals surface area contributed by atoms with Crippen LogP contribution in [0.15, 0.2) is 65.8 Å². The molecule has 3 aliphatic heterocycles. The molecule has 0 radical (unpaired) electrons. The van der Waals surface area contributed by atoms with E-state index in [2.05, 4.69) is 9.88 Å². The molecular formula is C30H33ClN4O6S. The molecule has 12 heteroatoms. The van der Waals surface area contributed by atoms with Crippen LogP contribution in [0.25, 0.3) is 10.8 Å². The molecule has 3 fully saturated rings. The number of piperidine rings is 1. The lowest BCUT2D eigenvalue weighted by atomic mass is 9.91. The van der Waals surface area contributed by atoms with Gasteiger partial charge < -0.3 is 14.4 Å². The highest BCUT2D eigenvalue weighted by atomic mass is 35.5. The largest absolute Gasteiger partial charge is 0.456 e. The molecule has 42 heavy (non-hydrogen) atoms. The SMILES string of the molecule is CC(C)(C)OC(=O)C12CN(S(=O)(=O)c3ccc4cc(Cl)ccc4c3)CC(=O)N1CC1(CCN(c3ccncc3)CC1)O2. The van der Waals surface area contributed by atoms with Gasteiger partial charge in [-0.3, -0.25) is 14.7 Å². The Kier molecular flexibility index (Phi) is 7.00. The number of carbonyl (C=O) groups is 2. The van der Waals surface area contributed by atoms with Gasteiger partial charge in [0, 0.05) is 36.2 Å². The lowest BCUT2D eigenvalue weighted by Crippen LogP contribution is -2.68. The van der Waals surface area contributed by atoms with Crippen LogP contribution in [0.1, 0.15) is 33.6 Å². The Bertz CT molecular complexity index is 1650. The summed E-state index contributed by atoms with van der Waals surface area (Å²) in [5.41, 5.74) is -2.58. The molecule has 0 bridgehead atoms. The number of rotatable bonds is 4. The number of sulfonamides is 1. The molecule has 2 aromatic carbocycles. The summed E-state index contributed by atoms with van der Waals surface area (Å²) in [5.74, 6) is -1.28. The Hall–Kier alpha value is -3.25. The first-order chi connectivity index (χ1) is 19.8. The topological polar surface area (TPSA) is 109 Å². The van der Waals surface area contributed by atoms with E-state index in [9.17, 15) is 18.0 Å². The first-order valence-corrected chi connectivity index (χ1v) is 15.7. The van der Waals surface area contributed by atoms with Crippen molar-refractivity contribution in [1.29, 1.82) is 0 Å². The van der Waals surface area contributed by atoms with Crippen molar-refractivity contribution in [3.8, 4) is 0 Å². The number of halogens is 1. The van der Waals surface area contributed by atoms with Crippen LogP contribution in [0, 0.1) is 0 Å². The minimum Gasteiger partial charge on any atom is -0.456 e. The fourth-order valence-corrected chi connectivity index (χ4v) is 7.66. The Morgan fingerprint density at radius 3 is 2.36 bits per heavy atom. The maximum Gasteiger partial charge on any atom is 0.362 e. The van der Waals surface area contributed by atoms with Crippen LogP contribution in [-0.4, -0.2) is 84.1 Å². The zero-order valence-corrected chi connectivity index (χ0v) is 25.3. The highest BCUT2D eigenvalue weighted by Crippen LogP contribution is 2.45. The van der Waals surface area contributed by atoms with Gasteiger partial charge in [0.05, 0.1) is 30.1 Å². The van der Waals surface area contributed by atoms with Crippen molar-refractivity contribution in [2.24, 2.45) is 0 Å². The van der Waals surface area contributed by atoms with Crippen LogP contribution in [0.2, 0.25) is 5.02 Å². The van der Waals surface area contributed by atoms with Crippen molar-refractivity contribution in [2.75, 3.05) is 37.6 Å². The van der Waals surface area contributed by atoms with E-state index < -0.39 is 45.4 Å². The summed E-state index contributed by atoms with van der Waals surface area (Å²) in [4.78, 5) is 35.3. The van der Waals surface area contributed by atoms with Crippen molar-refractivity contribution in [2.45, 2.75) is 55.4 Å². The summed E-state index contributed by atoms with van der Waals surface area (Å²) in [6, 6.07) is 13.8. The minimum absolute atomic E-state index is 0.0104. The summed E-state index contributed by atoms with van der Waals surface area (Å²) in [7, 11) is -4.19. The molecular weight excluding hydrogens is 580 g/mol. The standard InChI is InChI=1S/C30H33ClN4O6S/c1-28(2,3)40-27(37)30-20-34(42(38,39)25-7-5-21-16-23(31)6-4-22(21)17-25)18-26(36)35(30)19-29(41-30)10-14-33(15-11-29)24-8-12-32-13-9-24/h4-9,12-13,16-17H,10-11,14-15,18-20H2,1-3H3. The van der Waals surface area contributed by atoms with Crippen LogP contribution in [0.5, 0.6) is 0 Å². The molecule has 10 nitrogen and oxygen atoms in total. The average molecular weight is 613 g/mol. The number of amides is 1. The number of fused-ring (bicyclic) bond motifs is 2. The Morgan fingerprint density at radius 1 is 1.00 bits per heavy atom. The summed E-state index contributed by atoms with van der Waals surface area (Å²) >= 11 is 6.10. The maximum atomic E-state index is 14.0. The molecule has 1 amide bonds. The molecule has 1 spiro atoms. The molecule has 1 atom stereocenters. The van der Waals surface area contributed by atoms with Crippen LogP contribution >= 0.6 is 11.6 Å². The van der Waals surface area contributed by atoms with E-state index in [1.54, 1.807) is 63.5 Å². The predicted octanol–water partition coefficient (Wildman–Crippen LogP) is 3.83. The van der Waals surface area contributed by atoms with E-state index in [4.69, 9.17) is 21.1 Å². The van der Waals surface area contributed by atoms with E-state index in [1.165, 1.54) is 11.0 Å². The highest BCUT2D eigenvalue weighted by Gasteiger charge is 2.65. The summed E-state index contributed by atoms with van der Waals surface area (Å²) in [6.45, 7) is 5.86. The number of benzene rings is 2. The number of carbonyl (C=O) groups excluding carboxylic acids is 2. The second-order valence-corrected chi connectivity index (χ2v) is 14.5. The van der Waals surface area contributed by atoms with Gasteiger partial charge in [0.2, 0.25) is 15.9 Å². The number of nitrogens with zero attached hydrogens (tertiary/aromatic N) is 4. The van der Waals surface area contributed by atoms with Gasteiger partial charge in [-0.1, -0.05) is 23.7 Å². The second kappa shape index (κ2) is 10.2. The number of hydrogen-bond donors (Lipinski definition) is 0. The van der Waals surface area contributed by atoms with Gasteiger partial charge in [-0.2, -0.15) is 4.31 Å². The molecule has 6 rings (SSSR count). The normalized spacial score (nSPS) is 22.9. The number of aromatic nitrogens is 1. The summed E-state index contributed by atoms with van der Waals surface area (Å²) < 4.78 is 41.4. The monoisotopic (exact) mass is 612 g/mol. The summed E-state index contributed by atoms with van der Waals surface area (Å²) in [5, 5.41) is 2.01. The van der Waals surface area contributed by atoms with Crippen molar-refractivity contribution < 1.29 is 27.5 Å². The molecule has 0 aliphatic carbocycles. The molecule has 3 aromatic rings. The minimum atomic E-state index is -4.19. The van der Waals surface area contributed by atoms with Gasteiger partial charge >= 0.3 is 5.97 Å². The van der Waals surface area contributed by atoms with E-state index in [1.807, 2.05) is 12.1 Å². The first kappa shape index (κ1) is 28.9. The number of hydrogen-bond acceptors (Lipinski definition) is 8. The molecule has 0 N–H and O–H groups in total. The van der Waals surface area contributed by atoms with Crippen molar-refractivity contribution in [1.82, 2.24) is 14.2 Å². The maximum absolute atomic E-state index is 14.0. The number of anilines is 1. The fourth-order valence-electron chi connectivity index (χ4n) is 6.04. The molecule has 4 heterocycles. The van der Waals surface area contributed by atoms with Gasteiger partial charge in [-0.25, -0.2) is 13.2 Å². The highest BCUT2D eigenvalue weighted by molar-refractivity contribution is 7.89. The number of piperazine rings is 1. The third-order valence-electron chi connectivity index (χ3n) is 8.10. The van der Waals surface area contributed by atoms with Gasteiger partial charge in [-0.15, -0.1) is 0 Å². The van der Waals surface area contributed by atoms with Gasteiger partial charge in [0.1, 0.15) is 5.60 Å². The lowest BCUT2D eigenvalue weighted by Gasteiger charge is -2.44. The summed E-state index contributed by atoms with van der Waals surface area (Å²) in [6.07, 6.45) is 4.57. The van der Waals surface area contributed by atoms with Gasteiger partial charge in [0.15, 0.2) is 0 Å². The van der Waals surface area contributed by atoms with E-state index in [0.717, 1.165) is 15.4 Å². The third-order valence-corrected chi connectivity index (χ3v) is 10.1. The zero-order valence-electron chi connectivity index (χ0n) is 23.7. The van der Waals surface area contributed by atoms with Crippen LogP contribution < -0.4 is 4.90 Å². The molecule has 222 valence electrons. The van der Waals surface area contributed by atoms with Crippen molar-refractivity contribution in [3.63, 3.8) is 0 Å². The lowest BCUT2D eigenvalue weighted by molar-refractivity contribution is -0.215. The number of pyridine rings is 1. The Balaban J connectivity index is 1.33. The van der Waals surface area contributed by atoms with Crippen molar-refractivity contribution >= 4 is 50.0 Å². The Morgan fingerprint density at radius 2 is 1.67 bits per heavy atom. The molecule has 3 saturated heterocycles. The molecule has 1 unspecified atom stereocenters. The van der Waals surface area contributed by atoms with Crippen molar-refractivity contribution in [3.05, 3.63) is 65.9 Å². The quantitative estimate of drug-likeness (QED) is 0.409. The Labute approximate surface area is 250 Å². The number of ether oxygens (including phenoxy) is 2. The third kappa shape index (κ3) is 5.12. The molecule has 0 saturated carbocycles. The number of esters is 1. The molecule has 1 aromatic heterocycles. The van der Waals surface area contributed by atoms with E-state index in [-0.39, 0.29) is 18.0 Å². The fraction of sp³-hybridized carbons (Fsp3) is 0.433. The van der Waals surface area contributed by atoms with Gasteiger partial charge in [-0.05, 0) is 80.8 Å². The van der Waals surface area contributed by atoms with E-state index in [0.29, 0.717) is 36.3 Å².